The highest BCUT2D eigenvalue weighted by Gasteiger charge is 2.14. The maximum absolute atomic E-state index is 11.4. The van der Waals surface area contributed by atoms with Gasteiger partial charge in [0, 0.05) is 15.8 Å². The van der Waals surface area contributed by atoms with Crippen LogP contribution in [0.15, 0.2) is 66.0 Å². The van der Waals surface area contributed by atoms with Gasteiger partial charge in [0.1, 0.15) is 0 Å². The molecule has 0 radical (unpaired) electrons. The van der Waals surface area contributed by atoms with Crippen LogP contribution in [0.5, 0.6) is 0 Å². The standard InChI is InChI=1S/C18H14O2S/c19-18(20)16-12-21-17(14-9-5-2-6-10-14)15(16)11-13-7-3-1-4-8-13/h1-10,12H,11H2,(H,19,20)/p-1. The summed E-state index contributed by atoms with van der Waals surface area (Å²) in [5.74, 6) is -1.11. The molecule has 0 aliphatic carbocycles. The van der Waals surface area contributed by atoms with Gasteiger partial charge in [-0.25, -0.2) is 0 Å². The molecule has 0 atom stereocenters. The maximum Gasteiger partial charge on any atom is 0.0726 e. The molecular weight excluding hydrogens is 280 g/mol. The van der Waals surface area contributed by atoms with Crippen LogP contribution in [-0.2, 0) is 6.42 Å². The Morgan fingerprint density at radius 1 is 0.952 bits per heavy atom. The summed E-state index contributed by atoms with van der Waals surface area (Å²) in [6.07, 6.45) is 0.595. The van der Waals surface area contributed by atoms with Crippen molar-refractivity contribution in [2.45, 2.75) is 6.42 Å². The fourth-order valence-corrected chi connectivity index (χ4v) is 3.43. The summed E-state index contributed by atoms with van der Waals surface area (Å²) < 4.78 is 0. The molecule has 0 fully saturated rings. The highest BCUT2D eigenvalue weighted by molar-refractivity contribution is 7.14. The fraction of sp³-hybridized carbons (Fsp3) is 0.0556. The molecule has 21 heavy (non-hydrogen) atoms. The Hall–Kier alpha value is -2.39. The molecule has 2 nitrogen and oxygen atoms in total. The molecule has 3 rings (SSSR count). The highest BCUT2D eigenvalue weighted by atomic mass is 32.1. The van der Waals surface area contributed by atoms with E-state index < -0.39 is 5.97 Å². The Labute approximate surface area is 127 Å². The van der Waals surface area contributed by atoms with Gasteiger partial charge < -0.3 is 9.90 Å². The average molecular weight is 293 g/mol. The summed E-state index contributed by atoms with van der Waals surface area (Å²) in [6.45, 7) is 0. The second kappa shape index (κ2) is 5.94. The van der Waals surface area contributed by atoms with Crippen LogP contribution in [0.1, 0.15) is 21.5 Å². The van der Waals surface area contributed by atoms with Crippen molar-refractivity contribution >= 4 is 17.3 Å². The highest BCUT2D eigenvalue weighted by Crippen LogP contribution is 2.34. The molecule has 0 aliphatic heterocycles. The second-order valence-corrected chi connectivity index (χ2v) is 5.65. The molecule has 0 saturated carbocycles. The first kappa shape index (κ1) is 13.6. The van der Waals surface area contributed by atoms with Crippen LogP contribution in [0.3, 0.4) is 0 Å². The third-order valence-corrected chi connectivity index (χ3v) is 4.44. The van der Waals surface area contributed by atoms with E-state index in [0.717, 1.165) is 21.6 Å². The van der Waals surface area contributed by atoms with Gasteiger partial charge in [0.2, 0.25) is 0 Å². The SMILES string of the molecule is O=C([O-])c1csc(-c2ccccc2)c1Cc1ccccc1. The normalized spacial score (nSPS) is 10.5. The maximum atomic E-state index is 11.4. The molecule has 0 spiro atoms. The number of carboxylic acid groups (broad SMARTS) is 1. The van der Waals surface area contributed by atoms with Crippen LogP contribution >= 0.6 is 11.3 Å². The third-order valence-electron chi connectivity index (χ3n) is 3.37. The number of carboxylic acids is 1. The van der Waals surface area contributed by atoms with Gasteiger partial charge in [-0.15, -0.1) is 11.3 Å². The van der Waals surface area contributed by atoms with Crippen molar-refractivity contribution in [2.75, 3.05) is 0 Å². The monoisotopic (exact) mass is 293 g/mol. The van der Waals surface area contributed by atoms with Crippen molar-refractivity contribution in [3.8, 4) is 10.4 Å². The van der Waals surface area contributed by atoms with Crippen LogP contribution < -0.4 is 5.11 Å². The molecule has 0 saturated heterocycles. The summed E-state index contributed by atoms with van der Waals surface area (Å²) >= 11 is 1.46. The zero-order valence-corrected chi connectivity index (χ0v) is 12.1. The zero-order chi connectivity index (χ0) is 14.7. The topological polar surface area (TPSA) is 40.1 Å². The van der Waals surface area contributed by atoms with E-state index in [1.165, 1.54) is 11.3 Å². The van der Waals surface area contributed by atoms with Crippen LogP contribution in [0, 0.1) is 0 Å². The van der Waals surface area contributed by atoms with E-state index in [-0.39, 0.29) is 0 Å². The Morgan fingerprint density at radius 2 is 1.57 bits per heavy atom. The molecule has 3 heteroatoms. The molecule has 0 bridgehead atoms. The molecule has 3 aromatic rings. The molecule has 0 aliphatic rings. The number of benzene rings is 2. The minimum absolute atomic E-state index is 0.294. The number of thiophene rings is 1. The molecule has 2 aromatic carbocycles. The molecule has 104 valence electrons. The number of hydrogen-bond acceptors (Lipinski definition) is 3. The van der Waals surface area contributed by atoms with Gasteiger partial charge in [0.25, 0.3) is 0 Å². The van der Waals surface area contributed by atoms with Gasteiger partial charge >= 0.3 is 0 Å². The number of aromatic carboxylic acids is 1. The summed E-state index contributed by atoms with van der Waals surface area (Å²) in [5.41, 5.74) is 3.26. The quantitative estimate of drug-likeness (QED) is 0.740. The van der Waals surface area contributed by atoms with Gasteiger partial charge in [-0.1, -0.05) is 60.7 Å². The van der Waals surface area contributed by atoms with Crippen molar-refractivity contribution < 1.29 is 9.90 Å². The lowest BCUT2D eigenvalue weighted by atomic mass is 9.99. The second-order valence-electron chi connectivity index (χ2n) is 4.77. The third kappa shape index (κ3) is 2.88. The van der Waals surface area contributed by atoms with Crippen LogP contribution in [0.2, 0.25) is 0 Å². The van der Waals surface area contributed by atoms with Gasteiger partial charge in [-0.05, 0) is 23.1 Å². The van der Waals surface area contributed by atoms with Gasteiger partial charge in [-0.3, -0.25) is 0 Å². The van der Waals surface area contributed by atoms with Crippen molar-refractivity contribution in [3.63, 3.8) is 0 Å². The van der Waals surface area contributed by atoms with Crippen LogP contribution in [0.4, 0.5) is 0 Å². The smallest absolute Gasteiger partial charge is 0.0726 e. The first-order valence-corrected chi connectivity index (χ1v) is 7.54. The fourth-order valence-electron chi connectivity index (χ4n) is 2.36. The van der Waals surface area contributed by atoms with Gasteiger partial charge in [-0.2, -0.15) is 0 Å². The number of carbonyl (C=O) groups excluding carboxylic acids is 1. The Morgan fingerprint density at radius 3 is 2.19 bits per heavy atom. The van der Waals surface area contributed by atoms with E-state index in [9.17, 15) is 9.90 Å². The van der Waals surface area contributed by atoms with E-state index in [0.29, 0.717) is 12.0 Å². The minimum Gasteiger partial charge on any atom is -0.545 e. The first-order valence-electron chi connectivity index (χ1n) is 6.67. The molecule has 1 aromatic heterocycles. The number of rotatable bonds is 4. The summed E-state index contributed by atoms with van der Waals surface area (Å²) in [5, 5.41) is 13.0. The van der Waals surface area contributed by atoms with Crippen molar-refractivity contribution in [1.82, 2.24) is 0 Å². The average Bonchev–Trinajstić information content (AvgIpc) is 2.93. The first-order chi connectivity index (χ1) is 10.3. The predicted octanol–water partition coefficient (Wildman–Crippen LogP) is 3.37. The van der Waals surface area contributed by atoms with E-state index in [2.05, 4.69) is 0 Å². The Bertz CT molecular complexity index is 745. The van der Waals surface area contributed by atoms with Gasteiger partial charge in [0.15, 0.2) is 0 Å². The molecule has 1 heterocycles. The Balaban J connectivity index is 2.08. The Kier molecular flexibility index (Phi) is 3.84. The zero-order valence-electron chi connectivity index (χ0n) is 11.3. The van der Waals surface area contributed by atoms with Crippen molar-refractivity contribution in [1.29, 1.82) is 0 Å². The van der Waals surface area contributed by atoms with Gasteiger partial charge in [0.05, 0.1) is 5.97 Å². The van der Waals surface area contributed by atoms with E-state index in [4.69, 9.17) is 0 Å². The van der Waals surface area contributed by atoms with Crippen LogP contribution in [-0.4, -0.2) is 5.97 Å². The lowest BCUT2D eigenvalue weighted by Gasteiger charge is -2.09. The number of carbonyl (C=O) groups is 1. The summed E-state index contributed by atoms with van der Waals surface area (Å²) in [4.78, 5) is 12.4. The summed E-state index contributed by atoms with van der Waals surface area (Å²) in [6, 6.07) is 19.8. The van der Waals surface area contributed by atoms with Crippen molar-refractivity contribution in [2.24, 2.45) is 0 Å². The minimum atomic E-state index is -1.11. The predicted molar refractivity (Wildman–Crippen MR) is 83.3 cm³/mol. The number of hydrogen-bond donors (Lipinski definition) is 0. The lowest BCUT2D eigenvalue weighted by molar-refractivity contribution is -0.255. The lowest BCUT2D eigenvalue weighted by Crippen LogP contribution is -2.23. The van der Waals surface area contributed by atoms with E-state index >= 15 is 0 Å². The molecule has 0 unspecified atom stereocenters. The van der Waals surface area contributed by atoms with Crippen LogP contribution in [0.25, 0.3) is 10.4 Å². The van der Waals surface area contributed by atoms with Crippen molar-refractivity contribution in [3.05, 3.63) is 82.7 Å². The summed E-state index contributed by atoms with van der Waals surface area (Å²) in [7, 11) is 0. The largest absolute Gasteiger partial charge is 0.545 e. The van der Waals surface area contributed by atoms with E-state index in [1.54, 1.807) is 5.38 Å². The molecule has 0 N–H and O–H groups in total. The van der Waals surface area contributed by atoms with E-state index in [1.807, 2.05) is 60.7 Å². The molecule has 0 amide bonds. The molecular formula is C18H13O2S-.